The van der Waals surface area contributed by atoms with Crippen molar-refractivity contribution in [1.29, 1.82) is 0 Å². The predicted octanol–water partition coefficient (Wildman–Crippen LogP) is 1.52. The fourth-order valence-electron chi connectivity index (χ4n) is 2.14. The number of hydrogen-bond donors (Lipinski definition) is 1. The average Bonchev–Trinajstić information content (AvgIpc) is 2.81. The zero-order valence-corrected chi connectivity index (χ0v) is 9.83. The third kappa shape index (κ3) is 3.08. The van der Waals surface area contributed by atoms with Gasteiger partial charge in [-0.05, 0) is 13.0 Å². The number of furan rings is 1. The van der Waals surface area contributed by atoms with Crippen LogP contribution in [-0.2, 0) is 9.53 Å². The fourth-order valence-corrected chi connectivity index (χ4v) is 2.14. The molecule has 0 aromatic carbocycles. The van der Waals surface area contributed by atoms with Gasteiger partial charge in [-0.15, -0.1) is 0 Å². The molecule has 0 aliphatic carbocycles. The van der Waals surface area contributed by atoms with Crippen LogP contribution in [0.15, 0.2) is 23.0 Å². The van der Waals surface area contributed by atoms with E-state index in [4.69, 9.17) is 14.3 Å². The van der Waals surface area contributed by atoms with Crippen molar-refractivity contribution in [3.8, 4) is 0 Å². The van der Waals surface area contributed by atoms with Gasteiger partial charge >= 0.3 is 5.97 Å². The molecule has 0 radical (unpaired) electrons. The van der Waals surface area contributed by atoms with Gasteiger partial charge in [0, 0.05) is 24.7 Å². The first-order valence-corrected chi connectivity index (χ1v) is 5.76. The van der Waals surface area contributed by atoms with Crippen molar-refractivity contribution in [2.75, 3.05) is 19.7 Å². The zero-order chi connectivity index (χ0) is 12.3. The Balaban J connectivity index is 1.95. The maximum atomic E-state index is 10.7. The summed E-state index contributed by atoms with van der Waals surface area (Å²) in [6.07, 6.45) is 3.23. The number of rotatable bonds is 4. The highest BCUT2D eigenvalue weighted by Crippen LogP contribution is 2.23. The summed E-state index contributed by atoms with van der Waals surface area (Å²) in [5.41, 5.74) is 1.11. The predicted molar refractivity (Wildman–Crippen MR) is 60.7 cm³/mol. The van der Waals surface area contributed by atoms with Crippen LogP contribution in [0.25, 0.3) is 0 Å². The molecule has 1 N–H and O–H groups in total. The molecule has 94 valence electrons. The summed E-state index contributed by atoms with van der Waals surface area (Å²) in [5, 5.41) is 8.76. The lowest BCUT2D eigenvalue weighted by atomic mass is 10.1. The van der Waals surface area contributed by atoms with E-state index in [9.17, 15) is 4.79 Å². The SMILES string of the molecule is CC(c1ccoc1)N1CCOC(CC(=O)O)C1. The smallest absolute Gasteiger partial charge is 0.306 e. The van der Waals surface area contributed by atoms with Crippen LogP contribution in [0.5, 0.6) is 0 Å². The van der Waals surface area contributed by atoms with Gasteiger partial charge < -0.3 is 14.3 Å². The second kappa shape index (κ2) is 5.33. The normalized spacial score (nSPS) is 23.5. The van der Waals surface area contributed by atoms with Crippen LogP contribution in [-0.4, -0.2) is 41.8 Å². The number of carbonyl (C=O) groups is 1. The second-order valence-electron chi connectivity index (χ2n) is 4.32. The Bertz CT molecular complexity index is 363. The summed E-state index contributed by atoms with van der Waals surface area (Å²) >= 11 is 0. The minimum atomic E-state index is -0.812. The summed E-state index contributed by atoms with van der Waals surface area (Å²) in [5.74, 6) is -0.812. The van der Waals surface area contributed by atoms with Crippen molar-refractivity contribution in [2.45, 2.75) is 25.5 Å². The van der Waals surface area contributed by atoms with E-state index >= 15 is 0 Å². The van der Waals surface area contributed by atoms with Crippen molar-refractivity contribution in [3.05, 3.63) is 24.2 Å². The van der Waals surface area contributed by atoms with E-state index in [1.807, 2.05) is 6.07 Å². The molecular formula is C12H17NO4. The molecule has 0 saturated carbocycles. The van der Waals surface area contributed by atoms with Crippen molar-refractivity contribution in [3.63, 3.8) is 0 Å². The Kier molecular flexibility index (Phi) is 3.81. The molecule has 1 aliphatic rings. The van der Waals surface area contributed by atoms with Crippen molar-refractivity contribution in [1.82, 2.24) is 4.90 Å². The molecule has 1 aromatic heterocycles. The Morgan fingerprint density at radius 2 is 2.53 bits per heavy atom. The summed E-state index contributed by atoms with van der Waals surface area (Å²) in [7, 11) is 0. The van der Waals surface area contributed by atoms with Crippen molar-refractivity contribution < 1.29 is 19.1 Å². The Hall–Kier alpha value is -1.33. The first-order valence-electron chi connectivity index (χ1n) is 5.76. The van der Waals surface area contributed by atoms with Gasteiger partial charge in [0.2, 0.25) is 0 Å². The highest BCUT2D eigenvalue weighted by molar-refractivity contribution is 5.67. The van der Waals surface area contributed by atoms with Crippen LogP contribution in [0.2, 0.25) is 0 Å². The average molecular weight is 239 g/mol. The molecule has 0 bridgehead atoms. The maximum Gasteiger partial charge on any atom is 0.306 e. The van der Waals surface area contributed by atoms with E-state index in [-0.39, 0.29) is 18.6 Å². The lowest BCUT2D eigenvalue weighted by molar-refractivity contribution is -0.142. The van der Waals surface area contributed by atoms with E-state index in [1.54, 1.807) is 12.5 Å². The monoisotopic (exact) mass is 239 g/mol. The number of aliphatic carboxylic acids is 1. The highest BCUT2D eigenvalue weighted by Gasteiger charge is 2.26. The molecule has 1 aromatic rings. The Labute approximate surface area is 100.0 Å². The molecule has 2 atom stereocenters. The van der Waals surface area contributed by atoms with Crippen LogP contribution in [0.4, 0.5) is 0 Å². The molecule has 2 unspecified atom stereocenters. The van der Waals surface area contributed by atoms with Crippen LogP contribution in [0, 0.1) is 0 Å². The van der Waals surface area contributed by atoms with Gasteiger partial charge in [0.1, 0.15) is 0 Å². The number of carboxylic acid groups (broad SMARTS) is 1. The van der Waals surface area contributed by atoms with Gasteiger partial charge in [-0.2, -0.15) is 0 Å². The van der Waals surface area contributed by atoms with Gasteiger partial charge in [-0.3, -0.25) is 9.69 Å². The van der Waals surface area contributed by atoms with Crippen LogP contribution in [0.3, 0.4) is 0 Å². The largest absolute Gasteiger partial charge is 0.481 e. The molecule has 0 spiro atoms. The highest BCUT2D eigenvalue weighted by atomic mass is 16.5. The van der Waals surface area contributed by atoms with Crippen molar-refractivity contribution >= 4 is 5.97 Å². The maximum absolute atomic E-state index is 10.7. The van der Waals surface area contributed by atoms with Crippen LogP contribution >= 0.6 is 0 Å². The van der Waals surface area contributed by atoms with Gasteiger partial charge in [-0.1, -0.05) is 0 Å². The van der Waals surface area contributed by atoms with E-state index < -0.39 is 5.97 Å². The van der Waals surface area contributed by atoms with E-state index in [1.165, 1.54) is 0 Å². The summed E-state index contributed by atoms with van der Waals surface area (Å²) in [4.78, 5) is 12.9. The zero-order valence-electron chi connectivity index (χ0n) is 9.83. The first-order chi connectivity index (χ1) is 8.16. The molecule has 1 aliphatic heterocycles. The minimum absolute atomic E-state index is 0.0641. The van der Waals surface area contributed by atoms with E-state index in [2.05, 4.69) is 11.8 Å². The first kappa shape index (κ1) is 12.1. The van der Waals surface area contributed by atoms with Crippen LogP contribution in [0.1, 0.15) is 24.9 Å². The summed E-state index contributed by atoms with van der Waals surface area (Å²) < 4.78 is 10.5. The summed E-state index contributed by atoms with van der Waals surface area (Å²) in [6.45, 7) is 4.15. The van der Waals surface area contributed by atoms with Crippen molar-refractivity contribution in [2.24, 2.45) is 0 Å². The molecule has 1 saturated heterocycles. The van der Waals surface area contributed by atoms with Gasteiger partial charge in [-0.25, -0.2) is 0 Å². The molecule has 2 heterocycles. The van der Waals surface area contributed by atoms with Crippen LogP contribution < -0.4 is 0 Å². The molecule has 2 rings (SSSR count). The molecule has 17 heavy (non-hydrogen) atoms. The molecule has 5 heteroatoms. The van der Waals surface area contributed by atoms with Gasteiger partial charge in [0.05, 0.1) is 31.7 Å². The number of carboxylic acids is 1. The topological polar surface area (TPSA) is 62.9 Å². The van der Waals surface area contributed by atoms with Gasteiger partial charge in [0.15, 0.2) is 0 Å². The van der Waals surface area contributed by atoms with E-state index in [0.717, 1.165) is 12.1 Å². The molecule has 5 nitrogen and oxygen atoms in total. The number of hydrogen-bond acceptors (Lipinski definition) is 4. The lowest BCUT2D eigenvalue weighted by Crippen LogP contribution is -2.44. The standard InChI is InChI=1S/C12H17NO4/c1-9(10-2-4-16-8-10)13-3-5-17-11(7-13)6-12(14)15/h2,4,8-9,11H,3,5-7H2,1H3,(H,14,15). The van der Waals surface area contributed by atoms with E-state index in [0.29, 0.717) is 13.2 Å². The number of ether oxygens (including phenoxy) is 1. The lowest BCUT2D eigenvalue weighted by Gasteiger charge is -2.36. The Morgan fingerprint density at radius 3 is 3.18 bits per heavy atom. The molecule has 0 amide bonds. The molecular weight excluding hydrogens is 222 g/mol. The third-order valence-corrected chi connectivity index (χ3v) is 3.15. The van der Waals surface area contributed by atoms with Gasteiger partial charge in [0.25, 0.3) is 0 Å². The quantitative estimate of drug-likeness (QED) is 0.863. The second-order valence-corrected chi connectivity index (χ2v) is 4.32. The number of morpholine rings is 1. The fraction of sp³-hybridized carbons (Fsp3) is 0.583. The molecule has 1 fully saturated rings. The Morgan fingerprint density at radius 1 is 1.71 bits per heavy atom. The number of nitrogens with zero attached hydrogens (tertiary/aromatic N) is 1. The summed E-state index contributed by atoms with van der Waals surface area (Å²) in [6, 6.07) is 2.17. The third-order valence-electron chi connectivity index (χ3n) is 3.15. The minimum Gasteiger partial charge on any atom is -0.481 e.